The predicted octanol–water partition coefficient (Wildman–Crippen LogP) is 3.00. The highest BCUT2D eigenvalue weighted by molar-refractivity contribution is 4.79. The van der Waals surface area contributed by atoms with E-state index in [0.29, 0.717) is 11.8 Å². The maximum Gasteiger partial charge on any atom is 0.0605 e. The molecule has 0 aromatic heterocycles. The van der Waals surface area contributed by atoms with Crippen LogP contribution in [0.2, 0.25) is 0 Å². The average Bonchev–Trinajstić information content (AvgIpc) is 1.99. The van der Waals surface area contributed by atoms with Crippen LogP contribution in [0.1, 0.15) is 40.0 Å². The minimum atomic E-state index is -0.192. The van der Waals surface area contributed by atoms with Crippen molar-refractivity contribution in [2.45, 2.75) is 46.1 Å². The third-order valence-electron chi connectivity index (χ3n) is 2.38. The molecule has 0 aliphatic heterocycles. The molecule has 0 aliphatic rings. The fourth-order valence-corrected chi connectivity index (χ4v) is 1.65. The van der Waals surface area contributed by atoms with Gasteiger partial charge in [-0.1, -0.05) is 33.3 Å². The second-order valence-electron chi connectivity index (χ2n) is 3.79. The molecule has 0 bridgehead atoms. The molecule has 0 radical (unpaired) electrons. The molecule has 0 amide bonds. The van der Waals surface area contributed by atoms with Gasteiger partial charge in [0.1, 0.15) is 0 Å². The summed E-state index contributed by atoms with van der Waals surface area (Å²) < 4.78 is 0. The number of aliphatic hydroxyl groups excluding tert-OH is 1. The monoisotopic (exact) mass is 170 g/mol. The van der Waals surface area contributed by atoms with Gasteiger partial charge in [-0.2, -0.15) is 0 Å². The second kappa shape index (κ2) is 6.24. The van der Waals surface area contributed by atoms with Gasteiger partial charge < -0.3 is 5.11 Å². The Labute approximate surface area is 76.5 Å². The van der Waals surface area contributed by atoms with Gasteiger partial charge in [0.15, 0.2) is 0 Å². The third kappa shape index (κ3) is 3.91. The molecule has 0 unspecified atom stereocenters. The Morgan fingerprint density at radius 1 is 1.42 bits per heavy atom. The normalized spacial score (nSPS) is 16.1. The van der Waals surface area contributed by atoms with Gasteiger partial charge in [-0.15, -0.1) is 6.58 Å². The Morgan fingerprint density at radius 2 is 2.00 bits per heavy atom. The predicted molar refractivity (Wildman–Crippen MR) is 54.1 cm³/mol. The summed E-state index contributed by atoms with van der Waals surface area (Å²) in [6.45, 7) is 10.2. The molecule has 1 heteroatoms. The topological polar surface area (TPSA) is 20.2 Å². The highest BCUT2D eigenvalue weighted by Gasteiger charge is 2.20. The Kier molecular flexibility index (Phi) is 6.09. The first-order valence-electron chi connectivity index (χ1n) is 4.92. The van der Waals surface area contributed by atoms with Gasteiger partial charge in [0.2, 0.25) is 0 Å². The van der Waals surface area contributed by atoms with Gasteiger partial charge in [0, 0.05) is 0 Å². The summed E-state index contributed by atoms with van der Waals surface area (Å²) in [4.78, 5) is 0. The first-order chi connectivity index (χ1) is 5.63. The van der Waals surface area contributed by atoms with Crippen molar-refractivity contribution in [3.8, 4) is 0 Å². The third-order valence-corrected chi connectivity index (χ3v) is 2.38. The van der Waals surface area contributed by atoms with Gasteiger partial charge >= 0.3 is 0 Å². The Bertz CT molecular complexity index is 118. The van der Waals surface area contributed by atoms with Crippen LogP contribution in [0.4, 0.5) is 0 Å². The molecule has 0 heterocycles. The standard InChI is InChI=1S/C11H22O/c1-5-7-10(9(3)4)11(12)8-6-2/h6,9-12H,2,5,7-8H2,1,3-4H3/t10-,11+/m1/s1. The molecule has 2 atom stereocenters. The average molecular weight is 170 g/mol. The van der Waals surface area contributed by atoms with Crippen molar-refractivity contribution in [1.82, 2.24) is 0 Å². The van der Waals surface area contributed by atoms with Gasteiger partial charge in [-0.3, -0.25) is 0 Å². The van der Waals surface area contributed by atoms with Gasteiger partial charge in [-0.05, 0) is 24.7 Å². The van der Waals surface area contributed by atoms with Crippen LogP contribution in [0.5, 0.6) is 0 Å². The summed E-state index contributed by atoms with van der Waals surface area (Å²) in [6, 6.07) is 0. The lowest BCUT2D eigenvalue weighted by Crippen LogP contribution is -2.24. The van der Waals surface area contributed by atoms with E-state index >= 15 is 0 Å². The van der Waals surface area contributed by atoms with E-state index in [2.05, 4.69) is 27.4 Å². The van der Waals surface area contributed by atoms with Gasteiger partial charge in [0.05, 0.1) is 6.10 Å². The zero-order chi connectivity index (χ0) is 9.56. The Balaban J connectivity index is 3.98. The van der Waals surface area contributed by atoms with Crippen molar-refractivity contribution in [2.75, 3.05) is 0 Å². The van der Waals surface area contributed by atoms with E-state index < -0.39 is 0 Å². The van der Waals surface area contributed by atoms with E-state index in [9.17, 15) is 5.11 Å². The van der Waals surface area contributed by atoms with E-state index in [-0.39, 0.29) is 6.10 Å². The molecule has 0 spiro atoms. The lowest BCUT2D eigenvalue weighted by atomic mass is 9.85. The summed E-state index contributed by atoms with van der Waals surface area (Å²) in [6.07, 6.45) is 4.60. The zero-order valence-electron chi connectivity index (χ0n) is 8.59. The molecule has 0 saturated carbocycles. The number of rotatable bonds is 6. The molecular formula is C11H22O. The number of aliphatic hydroxyl groups is 1. The van der Waals surface area contributed by atoms with Crippen molar-refractivity contribution in [1.29, 1.82) is 0 Å². The van der Waals surface area contributed by atoms with Crippen molar-refractivity contribution >= 4 is 0 Å². The first-order valence-corrected chi connectivity index (χ1v) is 4.92. The van der Waals surface area contributed by atoms with E-state index in [1.54, 1.807) is 6.08 Å². The van der Waals surface area contributed by atoms with Crippen LogP contribution in [-0.4, -0.2) is 11.2 Å². The van der Waals surface area contributed by atoms with Crippen LogP contribution in [0.3, 0.4) is 0 Å². The summed E-state index contributed by atoms with van der Waals surface area (Å²) in [5, 5.41) is 9.74. The molecule has 1 N–H and O–H groups in total. The molecule has 0 fully saturated rings. The smallest absolute Gasteiger partial charge is 0.0605 e. The van der Waals surface area contributed by atoms with Crippen LogP contribution in [-0.2, 0) is 0 Å². The van der Waals surface area contributed by atoms with Gasteiger partial charge in [-0.25, -0.2) is 0 Å². The zero-order valence-corrected chi connectivity index (χ0v) is 8.59. The minimum absolute atomic E-state index is 0.192. The van der Waals surface area contributed by atoms with Crippen LogP contribution >= 0.6 is 0 Å². The second-order valence-corrected chi connectivity index (χ2v) is 3.79. The highest BCUT2D eigenvalue weighted by atomic mass is 16.3. The lowest BCUT2D eigenvalue weighted by Gasteiger charge is -2.25. The van der Waals surface area contributed by atoms with E-state index in [0.717, 1.165) is 19.3 Å². The molecule has 1 nitrogen and oxygen atoms in total. The number of hydrogen-bond acceptors (Lipinski definition) is 1. The Morgan fingerprint density at radius 3 is 2.33 bits per heavy atom. The summed E-state index contributed by atoms with van der Waals surface area (Å²) in [7, 11) is 0. The quantitative estimate of drug-likeness (QED) is 0.608. The van der Waals surface area contributed by atoms with Crippen LogP contribution in [0, 0.1) is 11.8 Å². The molecule has 0 aromatic carbocycles. The van der Waals surface area contributed by atoms with Crippen molar-refractivity contribution in [3.63, 3.8) is 0 Å². The summed E-state index contributed by atoms with van der Waals surface area (Å²) >= 11 is 0. The van der Waals surface area contributed by atoms with Crippen molar-refractivity contribution in [3.05, 3.63) is 12.7 Å². The summed E-state index contributed by atoms with van der Waals surface area (Å²) in [5.74, 6) is 1.01. The molecule has 0 aliphatic carbocycles. The maximum atomic E-state index is 9.74. The molecule has 72 valence electrons. The minimum Gasteiger partial charge on any atom is -0.393 e. The molecular weight excluding hydrogens is 148 g/mol. The van der Waals surface area contributed by atoms with Crippen molar-refractivity contribution < 1.29 is 5.11 Å². The van der Waals surface area contributed by atoms with E-state index in [1.807, 2.05) is 0 Å². The first kappa shape index (κ1) is 11.7. The molecule has 0 saturated heterocycles. The molecule has 0 aromatic rings. The fourth-order valence-electron chi connectivity index (χ4n) is 1.65. The SMILES string of the molecule is C=CC[C@H](O)[C@H](CCC)C(C)C. The van der Waals surface area contributed by atoms with Crippen LogP contribution in [0.15, 0.2) is 12.7 Å². The maximum absolute atomic E-state index is 9.74. The van der Waals surface area contributed by atoms with Gasteiger partial charge in [0.25, 0.3) is 0 Å². The fraction of sp³-hybridized carbons (Fsp3) is 0.818. The Hall–Kier alpha value is -0.300. The van der Waals surface area contributed by atoms with E-state index in [4.69, 9.17) is 0 Å². The molecule has 12 heavy (non-hydrogen) atoms. The summed E-state index contributed by atoms with van der Waals surface area (Å²) in [5.41, 5.74) is 0. The molecule has 0 rings (SSSR count). The van der Waals surface area contributed by atoms with E-state index in [1.165, 1.54) is 0 Å². The van der Waals surface area contributed by atoms with Crippen molar-refractivity contribution in [2.24, 2.45) is 11.8 Å². The van der Waals surface area contributed by atoms with Crippen LogP contribution in [0.25, 0.3) is 0 Å². The lowest BCUT2D eigenvalue weighted by molar-refractivity contribution is 0.0780. The number of hydrogen-bond donors (Lipinski definition) is 1. The van der Waals surface area contributed by atoms with Crippen LogP contribution < -0.4 is 0 Å². The highest BCUT2D eigenvalue weighted by Crippen LogP contribution is 2.22. The largest absolute Gasteiger partial charge is 0.393 e.